The summed E-state index contributed by atoms with van der Waals surface area (Å²) in [5.74, 6) is 0. The van der Waals surface area contributed by atoms with E-state index in [-0.39, 0.29) is 0 Å². The second kappa shape index (κ2) is 4.48. The number of benzene rings is 2. The highest BCUT2D eigenvalue weighted by atomic mass is 15.2. The molecule has 1 N–H and O–H groups in total. The molecule has 1 aliphatic heterocycles. The van der Waals surface area contributed by atoms with Crippen molar-refractivity contribution in [2.24, 2.45) is 0 Å². The van der Waals surface area contributed by atoms with Crippen molar-refractivity contribution in [2.45, 2.75) is 19.9 Å². The summed E-state index contributed by atoms with van der Waals surface area (Å²) in [6.07, 6.45) is 3.02. The molecule has 3 heteroatoms. The predicted octanol–water partition coefficient (Wildman–Crippen LogP) is 3.35. The lowest BCUT2D eigenvalue weighted by molar-refractivity contribution is 0.681. The molecule has 0 unspecified atom stereocenters. The smallest absolute Gasteiger partial charge is 0.207 e. The van der Waals surface area contributed by atoms with Crippen LogP contribution in [0.25, 0.3) is 16.9 Å². The highest BCUT2D eigenvalue weighted by Crippen LogP contribution is 2.32. The topological polar surface area (TPSA) is 33.7 Å². The molecule has 0 saturated heterocycles. The Balaban J connectivity index is 2.16. The molecule has 0 fully saturated rings. The SMILES string of the molecule is CCn1cc2n(c1=N)-c1ccccc1Cc1ccccc1-2. The van der Waals surface area contributed by atoms with Crippen molar-refractivity contribution in [1.82, 2.24) is 9.13 Å². The number of aromatic nitrogens is 2. The van der Waals surface area contributed by atoms with Crippen molar-refractivity contribution in [2.75, 3.05) is 0 Å². The first-order chi connectivity index (χ1) is 10.3. The van der Waals surface area contributed by atoms with E-state index in [1.54, 1.807) is 0 Å². The Kier molecular flexibility index (Phi) is 2.61. The highest BCUT2D eigenvalue weighted by molar-refractivity contribution is 5.69. The fraction of sp³-hybridized carbons (Fsp3) is 0.167. The third-order valence-electron chi connectivity index (χ3n) is 4.25. The van der Waals surface area contributed by atoms with Crippen molar-refractivity contribution in [3.05, 3.63) is 71.5 Å². The maximum atomic E-state index is 8.50. The molecule has 0 bridgehead atoms. The lowest BCUT2D eigenvalue weighted by Crippen LogP contribution is -2.23. The van der Waals surface area contributed by atoms with E-state index in [0.29, 0.717) is 5.62 Å². The Morgan fingerprint density at radius 3 is 2.52 bits per heavy atom. The quantitative estimate of drug-likeness (QED) is 0.553. The Morgan fingerprint density at radius 1 is 1.00 bits per heavy atom. The van der Waals surface area contributed by atoms with Crippen LogP contribution in [0.15, 0.2) is 54.7 Å². The van der Waals surface area contributed by atoms with Crippen LogP contribution in [0, 0.1) is 5.41 Å². The normalized spacial score (nSPS) is 12.2. The van der Waals surface area contributed by atoms with Gasteiger partial charge in [0.05, 0.1) is 11.4 Å². The number of fused-ring (bicyclic) bond motifs is 5. The molecule has 0 atom stereocenters. The molecule has 3 nitrogen and oxygen atoms in total. The number of imidazole rings is 1. The first-order valence-corrected chi connectivity index (χ1v) is 7.33. The summed E-state index contributed by atoms with van der Waals surface area (Å²) in [5, 5.41) is 8.50. The fourth-order valence-electron chi connectivity index (χ4n) is 3.19. The van der Waals surface area contributed by atoms with Gasteiger partial charge >= 0.3 is 0 Å². The van der Waals surface area contributed by atoms with Gasteiger partial charge in [-0.1, -0.05) is 42.5 Å². The molecule has 2 aromatic carbocycles. The minimum atomic E-state index is 0.539. The van der Waals surface area contributed by atoms with Crippen LogP contribution < -0.4 is 5.62 Å². The lowest BCUT2D eigenvalue weighted by Gasteiger charge is -2.08. The van der Waals surface area contributed by atoms with Gasteiger partial charge in [-0.2, -0.15) is 0 Å². The maximum absolute atomic E-state index is 8.50. The molecule has 2 heterocycles. The van der Waals surface area contributed by atoms with Gasteiger partial charge in [-0.3, -0.25) is 9.98 Å². The predicted molar refractivity (Wildman–Crippen MR) is 83.5 cm³/mol. The second-order valence-electron chi connectivity index (χ2n) is 5.42. The van der Waals surface area contributed by atoms with Crippen LogP contribution in [0.2, 0.25) is 0 Å². The van der Waals surface area contributed by atoms with Gasteiger partial charge in [0.15, 0.2) is 0 Å². The molecule has 21 heavy (non-hydrogen) atoms. The molecule has 0 amide bonds. The van der Waals surface area contributed by atoms with E-state index in [9.17, 15) is 0 Å². The Hall–Kier alpha value is -2.55. The number of aryl methyl sites for hydroxylation is 1. The van der Waals surface area contributed by atoms with Gasteiger partial charge in [-0.25, -0.2) is 0 Å². The zero-order valence-electron chi connectivity index (χ0n) is 12.0. The van der Waals surface area contributed by atoms with Crippen LogP contribution in [0.1, 0.15) is 18.1 Å². The minimum absolute atomic E-state index is 0.539. The van der Waals surface area contributed by atoms with E-state index >= 15 is 0 Å². The molecule has 1 aromatic heterocycles. The van der Waals surface area contributed by atoms with Crippen molar-refractivity contribution in [3.63, 3.8) is 0 Å². The molecule has 1 aliphatic rings. The van der Waals surface area contributed by atoms with Gasteiger partial charge in [-0.05, 0) is 24.1 Å². The standard InChI is InChI=1S/C18H17N3/c1-2-20-12-17-15-9-5-3-7-13(15)11-14-8-4-6-10-16(14)21(17)18(20)19/h3-10,12,19H,2,11H2,1H3. The van der Waals surface area contributed by atoms with Crippen LogP contribution in [0.3, 0.4) is 0 Å². The monoisotopic (exact) mass is 275 g/mol. The third-order valence-corrected chi connectivity index (χ3v) is 4.25. The van der Waals surface area contributed by atoms with E-state index in [1.807, 2.05) is 10.6 Å². The molecule has 104 valence electrons. The van der Waals surface area contributed by atoms with Crippen molar-refractivity contribution >= 4 is 0 Å². The van der Waals surface area contributed by atoms with Crippen LogP contribution in [0.4, 0.5) is 0 Å². The summed E-state index contributed by atoms with van der Waals surface area (Å²) in [6, 6.07) is 16.9. The lowest BCUT2D eigenvalue weighted by atomic mass is 9.99. The van der Waals surface area contributed by atoms with E-state index in [0.717, 1.165) is 24.3 Å². The molecular weight excluding hydrogens is 258 g/mol. The molecule has 3 aromatic rings. The van der Waals surface area contributed by atoms with Gasteiger partial charge in [0.1, 0.15) is 0 Å². The number of nitrogens with one attached hydrogen (secondary N) is 1. The van der Waals surface area contributed by atoms with Crippen molar-refractivity contribution in [1.29, 1.82) is 5.41 Å². The van der Waals surface area contributed by atoms with Crippen LogP contribution in [-0.4, -0.2) is 9.13 Å². The Bertz CT molecular complexity index is 883. The Labute approximate surface area is 123 Å². The first-order valence-electron chi connectivity index (χ1n) is 7.33. The Morgan fingerprint density at radius 2 is 1.71 bits per heavy atom. The van der Waals surface area contributed by atoms with E-state index in [4.69, 9.17) is 5.41 Å². The van der Waals surface area contributed by atoms with Crippen molar-refractivity contribution < 1.29 is 0 Å². The largest absolute Gasteiger partial charge is 0.317 e. The third kappa shape index (κ3) is 1.70. The first kappa shape index (κ1) is 12.2. The average Bonchev–Trinajstić information content (AvgIpc) is 2.77. The number of para-hydroxylation sites is 1. The highest BCUT2D eigenvalue weighted by Gasteiger charge is 2.20. The van der Waals surface area contributed by atoms with E-state index in [1.165, 1.54) is 16.7 Å². The molecular formula is C18H17N3. The number of hydrogen-bond donors (Lipinski definition) is 1. The summed E-state index contributed by atoms with van der Waals surface area (Å²) >= 11 is 0. The summed E-state index contributed by atoms with van der Waals surface area (Å²) in [6.45, 7) is 2.89. The number of hydrogen-bond acceptors (Lipinski definition) is 1. The summed E-state index contributed by atoms with van der Waals surface area (Å²) in [5.41, 5.74) is 6.61. The van der Waals surface area contributed by atoms with Gasteiger partial charge in [0.2, 0.25) is 5.62 Å². The maximum Gasteiger partial charge on any atom is 0.207 e. The minimum Gasteiger partial charge on any atom is -0.317 e. The van der Waals surface area contributed by atoms with Crippen LogP contribution in [-0.2, 0) is 13.0 Å². The summed E-state index contributed by atoms with van der Waals surface area (Å²) in [7, 11) is 0. The van der Waals surface area contributed by atoms with Gasteiger partial charge < -0.3 is 4.57 Å². The molecule has 0 saturated carbocycles. The zero-order chi connectivity index (χ0) is 14.4. The molecule has 0 aliphatic carbocycles. The zero-order valence-corrected chi connectivity index (χ0v) is 12.0. The van der Waals surface area contributed by atoms with E-state index < -0.39 is 0 Å². The summed E-state index contributed by atoms with van der Waals surface area (Å²) in [4.78, 5) is 0. The summed E-state index contributed by atoms with van der Waals surface area (Å²) < 4.78 is 4.07. The van der Waals surface area contributed by atoms with Gasteiger partial charge in [0, 0.05) is 24.7 Å². The fourth-order valence-corrected chi connectivity index (χ4v) is 3.19. The molecule has 0 radical (unpaired) electrons. The van der Waals surface area contributed by atoms with Crippen LogP contribution in [0.5, 0.6) is 0 Å². The molecule has 4 rings (SSSR count). The second-order valence-corrected chi connectivity index (χ2v) is 5.42. The molecule has 0 spiro atoms. The average molecular weight is 275 g/mol. The van der Waals surface area contributed by atoms with Gasteiger partial charge in [-0.15, -0.1) is 0 Å². The van der Waals surface area contributed by atoms with Gasteiger partial charge in [0.25, 0.3) is 0 Å². The van der Waals surface area contributed by atoms with E-state index in [2.05, 4.69) is 60.2 Å². The number of nitrogens with zero attached hydrogens (tertiary/aromatic N) is 2. The van der Waals surface area contributed by atoms with Crippen LogP contribution >= 0.6 is 0 Å². The van der Waals surface area contributed by atoms with Crippen molar-refractivity contribution in [3.8, 4) is 16.9 Å². The number of rotatable bonds is 1.